The van der Waals surface area contributed by atoms with Crippen molar-refractivity contribution >= 4 is 0 Å². The zero-order valence-corrected chi connectivity index (χ0v) is 11.7. The molecular weight excluding hydrogens is 198 g/mol. The lowest BCUT2D eigenvalue weighted by Crippen LogP contribution is -2.32. The molecule has 0 aliphatic carbocycles. The molecule has 2 heteroatoms. The standard InChI is InChI=1S/C14H31NO/c1-5-7-8-9-10-11-14(15-6-2)12-13(3)16-4/h13-15H,5-12H2,1-4H3. The Kier molecular flexibility index (Phi) is 11.3. The molecule has 0 spiro atoms. The first-order valence-electron chi connectivity index (χ1n) is 7.00. The summed E-state index contributed by atoms with van der Waals surface area (Å²) in [7, 11) is 1.80. The van der Waals surface area contributed by atoms with Gasteiger partial charge in [-0.15, -0.1) is 0 Å². The monoisotopic (exact) mass is 229 g/mol. The zero-order valence-electron chi connectivity index (χ0n) is 11.7. The van der Waals surface area contributed by atoms with Crippen LogP contribution >= 0.6 is 0 Å². The van der Waals surface area contributed by atoms with E-state index in [9.17, 15) is 0 Å². The van der Waals surface area contributed by atoms with Gasteiger partial charge in [0.25, 0.3) is 0 Å². The van der Waals surface area contributed by atoms with E-state index in [2.05, 4.69) is 26.1 Å². The molecule has 0 aromatic carbocycles. The molecule has 98 valence electrons. The molecule has 16 heavy (non-hydrogen) atoms. The normalized spacial score (nSPS) is 15.0. The van der Waals surface area contributed by atoms with Crippen molar-refractivity contribution in [3.8, 4) is 0 Å². The number of hydrogen-bond acceptors (Lipinski definition) is 2. The van der Waals surface area contributed by atoms with Crippen LogP contribution in [0.4, 0.5) is 0 Å². The van der Waals surface area contributed by atoms with Crippen molar-refractivity contribution in [1.82, 2.24) is 5.32 Å². The fourth-order valence-electron chi connectivity index (χ4n) is 2.08. The third-order valence-corrected chi connectivity index (χ3v) is 3.17. The average Bonchev–Trinajstić information content (AvgIpc) is 2.28. The van der Waals surface area contributed by atoms with Gasteiger partial charge in [0.1, 0.15) is 0 Å². The molecule has 0 aromatic rings. The van der Waals surface area contributed by atoms with Crippen molar-refractivity contribution in [2.45, 2.75) is 77.9 Å². The number of nitrogens with one attached hydrogen (secondary N) is 1. The molecule has 2 unspecified atom stereocenters. The molecule has 2 atom stereocenters. The molecule has 2 nitrogen and oxygen atoms in total. The van der Waals surface area contributed by atoms with Crippen LogP contribution in [0.3, 0.4) is 0 Å². The topological polar surface area (TPSA) is 21.3 Å². The van der Waals surface area contributed by atoms with E-state index in [1.165, 1.54) is 38.5 Å². The third-order valence-electron chi connectivity index (χ3n) is 3.17. The van der Waals surface area contributed by atoms with E-state index in [4.69, 9.17) is 4.74 Å². The van der Waals surface area contributed by atoms with Gasteiger partial charge in [-0.3, -0.25) is 0 Å². The lowest BCUT2D eigenvalue weighted by molar-refractivity contribution is 0.0991. The molecule has 0 aliphatic heterocycles. The Hall–Kier alpha value is -0.0800. The smallest absolute Gasteiger partial charge is 0.0558 e. The van der Waals surface area contributed by atoms with Gasteiger partial charge in [-0.25, -0.2) is 0 Å². The fraction of sp³-hybridized carbons (Fsp3) is 1.00. The van der Waals surface area contributed by atoms with E-state index in [1.807, 2.05) is 0 Å². The van der Waals surface area contributed by atoms with Crippen LogP contribution < -0.4 is 5.32 Å². The van der Waals surface area contributed by atoms with E-state index < -0.39 is 0 Å². The van der Waals surface area contributed by atoms with Crippen LogP contribution in [-0.2, 0) is 4.74 Å². The minimum Gasteiger partial charge on any atom is -0.382 e. The molecule has 0 saturated heterocycles. The Morgan fingerprint density at radius 3 is 2.31 bits per heavy atom. The summed E-state index contributed by atoms with van der Waals surface area (Å²) in [4.78, 5) is 0. The molecule has 0 bridgehead atoms. The van der Waals surface area contributed by atoms with Crippen LogP contribution in [-0.4, -0.2) is 25.8 Å². The molecule has 1 N–H and O–H groups in total. The number of ether oxygens (including phenoxy) is 1. The van der Waals surface area contributed by atoms with Gasteiger partial charge < -0.3 is 10.1 Å². The second-order valence-electron chi connectivity index (χ2n) is 4.74. The van der Waals surface area contributed by atoms with Crippen molar-refractivity contribution in [3.63, 3.8) is 0 Å². The zero-order chi connectivity index (χ0) is 12.2. The van der Waals surface area contributed by atoms with E-state index in [1.54, 1.807) is 7.11 Å². The third kappa shape index (κ3) is 9.17. The molecule has 0 aliphatic rings. The molecule has 0 aromatic heterocycles. The minimum absolute atomic E-state index is 0.375. The Morgan fingerprint density at radius 2 is 1.75 bits per heavy atom. The average molecular weight is 229 g/mol. The lowest BCUT2D eigenvalue weighted by Gasteiger charge is -2.21. The molecule has 0 amide bonds. The van der Waals surface area contributed by atoms with Crippen molar-refractivity contribution in [2.75, 3.05) is 13.7 Å². The van der Waals surface area contributed by atoms with Gasteiger partial charge in [-0.2, -0.15) is 0 Å². The maximum absolute atomic E-state index is 5.33. The van der Waals surface area contributed by atoms with Crippen molar-refractivity contribution in [3.05, 3.63) is 0 Å². The largest absolute Gasteiger partial charge is 0.382 e. The van der Waals surface area contributed by atoms with E-state index in [0.717, 1.165) is 13.0 Å². The van der Waals surface area contributed by atoms with Crippen LogP contribution in [0.2, 0.25) is 0 Å². The summed E-state index contributed by atoms with van der Waals surface area (Å²) in [5.41, 5.74) is 0. The van der Waals surface area contributed by atoms with Gasteiger partial charge in [-0.05, 0) is 26.3 Å². The minimum atomic E-state index is 0.375. The van der Waals surface area contributed by atoms with Gasteiger partial charge in [0.15, 0.2) is 0 Å². The van der Waals surface area contributed by atoms with E-state index in [0.29, 0.717) is 12.1 Å². The lowest BCUT2D eigenvalue weighted by atomic mass is 10.0. The highest BCUT2D eigenvalue weighted by atomic mass is 16.5. The Balaban J connectivity index is 3.59. The highest BCUT2D eigenvalue weighted by Gasteiger charge is 2.11. The van der Waals surface area contributed by atoms with Gasteiger partial charge in [0.05, 0.1) is 6.10 Å². The van der Waals surface area contributed by atoms with Crippen LogP contribution in [0.5, 0.6) is 0 Å². The van der Waals surface area contributed by atoms with Crippen molar-refractivity contribution in [2.24, 2.45) is 0 Å². The van der Waals surface area contributed by atoms with Crippen LogP contribution in [0.1, 0.15) is 65.7 Å². The summed E-state index contributed by atoms with van der Waals surface area (Å²) in [6.45, 7) is 7.67. The molecule has 0 rings (SSSR count). The molecular formula is C14H31NO. The molecule has 0 radical (unpaired) electrons. The summed E-state index contributed by atoms with van der Waals surface area (Å²) in [5.74, 6) is 0. The quantitative estimate of drug-likeness (QED) is 0.545. The highest BCUT2D eigenvalue weighted by Crippen LogP contribution is 2.11. The van der Waals surface area contributed by atoms with Gasteiger partial charge >= 0.3 is 0 Å². The Morgan fingerprint density at radius 1 is 1.06 bits per heavy atom. The van der Waals surface area contributed by atoms with Crippen molar-refractivity contribution < 1.29 is 4.74 Å². The summed E-state index contributed by atoms with van der Waals surface area (Å²) < 4.78 is 5.33. The maximum Gasteiger partial charge on any atom is 0.0558 e. The second-order valence-corrected chi connectivity index (χ2v) is 4.74. The van der Waals surface area contributed by atoms with Gasteiger partial charge in [-0.1, -0.05) is 46.0 Å². The SMILES string of the molecule is CCCCCCCC(CC(C)OC)NCC. The van der Waals surface area contributed by atoms with Gasteiger partial charge in [0, 0.05) is 13.2 Å². The number of methoxy groups -OCH3 is 1. The number of rotatable bonds is 11. The van der Waals surface area contributed by atoms with E-state index >= 15 is 0 Å². The summed E-state index contributed by atoms with van der Waals surface area (Å²) in [6, 6.07) is 0.640. The molecule has 0 fully saturated rings. The summed E-state index contributed by atoms with van der Waals surface area (Å²) >= 11 is 0. The first-order valence-corrected chi connectivity index (χ1v) is 7.00. The summed E-state index contributed by atoms with van der Waals surface area (Å²) in [6.07, 6.45) is 9.67. The Bertz CT molecular complexity index is 139. The first-order chi connectivity index (χ1) is 7.74. The van der Waals surface area contributed by atoms with Crippen LogP contribution in [0.15, 0.2) is 0 Å². The molecule has 0 saturated carbocycles. The number of hydrogen-bond donors (Lipinski definition) is 1. The van der Waals surface area contributed by atoms with E-state index in [-0.39, 0.29) is 0 Å². The predicted molar refractivity (Wildman–Crippen MR) is 71.9 cm³/mol. The summed E-state index contributed by atoms with van der Waals surface area (Å²) in [5, 5.41) is 3.56. The highest BCUT2D eigenvalue weighted by molar-refractivity contribution is 4.69. The number of unbranched alkanes of at least 4 members (excludes halogenated alkanes) is 4. The second kappa shape index (κ2) is 11.4. The van der Waals surface area contributed by atoms with Crippen LogP contribution in [0, 0.1) is 0 Å². The molecule has 0 heterocycles. The van der Waals surface area contributed by atoms with Gasteiger partial charge in [0.2, 0.25) is 0 Å². The Labute approximate surface area is 102 Å². The fourth-order valence-corrected chi connectivity index (χ4v) is 2.08. The predicted octanol–water partition coefficient (Wildman–Crippen LogP) is 3.75. The van der Waals surface area contributed by atoms with Crippen molar-refractivity contribution in [1.29, 1.82) is 0 Å². The maximum atomic E-state index is 5.33. The first kappa shape index (κ1) is 15.9. The van der Waals surface area contributed by atoms with Crippen LogP contribution in [0.25, 0.3) is 0 Å².